The van der Waals surface area contributed by atoms with E-state index in [-0.39, 0.29) is 10.8 Å². The predicted octanol–water partition coefficient (Wildman–Crippen LogP) is 3.78. The molecule has 1 aliphatic carbocycles. The van der Waals surface area contributed by atoms with Crippen LogP contribution in [0.4, 0.5) is 18.9 Å². The molecule has 1 N–H and O–H groups in total. The van der Waals surface area contributed by atoms with Crippen molar-refractivity contribution in [3.8, 4) is 5.82 Å². The molecule has 0 radical (unpaired) electrons. The fourth-order valence-corrected chi connectivity index (χ4v) is 4.42. The zero-order chi connectivity index (χ0) is 23.5. The molecule has 0 spiro atoms. The number of fused-ring (bicyclic) bond motifs is 3. The highest BCUT2D eigenvalue weighted by Gasteiger charge is 2.43. The van der Waals surface area contributed by atoms with Crippen molar-refractivity contribution < 1.29 is 18.0 Å². The van der Waals surface area contributed by atoms with Gasteiger partial charge >= 0.3 is 6.18 Å². The molecule has 0 saturated heterocycles. The summed E-state index contributed by atoms with van der Waals surface area (Å²) >= 11 is 6.02. The number of carbonyl (C=O) groups is 1. The van der Waals surface area contributed by atoms with Crippen LogP contribution in [0.25, 0.3) is 11.5 Å². The van der Waals surface area contributed by atoms with Crippen molar-refractivity contribution in [3.63, 3.8) is 0 Å². The van der Waals surface area contributed by atoms with Crippen LogP contribution in [0.5, 0.6) is 0 Å². The number of alkyl halides is 3. The summed E-state index contributed by atoms with van der Waals surface area (Å²) in [5, 5.41) is 14.5. The molecule has 4 heterocycles. The maximum Gasteiger partial charge on any atom is 0.420 e. The fraction of sp³-hybridized carbons (Fsp3) is 0.300. The van der Waals surface area contributed by atoms with Crippen molar-refractivity contribution in [2.45, 2.75) is 37.8 Å². The standard InChI is InChI=1S/C20H16ClF3N8O/c1-19(2)7-11(12-9-25-15-6-14(21)30-31(15)16(12)19)18(33)29-10-5-13(20(22,23)24)17(26-8-10)32-27-3-4-28-32/h3-6,8-9,11H,7H2,1-2H3,(H,29,33)/t11-/m0/s1. The minimum absolute atomic E-state index is 0.0920. The quantitative estimate of drug-likeness (QED) is 0.482. The van der Waals surface area contributed by atoms with Crippen molar-refractivity contribution >= 4 is 28.8 Å². The smallest absolute Gasteiger partial charge is 0.324 e. The minimum Gasteiger partial charge on any atom is -0.324 e. The van der Waals surface area contributed by atoms with E-state index >= 15 is 0 Å². The summed E-state index contributed by atoms with van der Waals surface area (Å²) in [6, 6.07) is 2.44. The highest BCUT2D eigenvalue weighted by atomic mass is 35.5. The van der Waals surface area contributed by atoms with Crippen molar-refractivity contribution in [1.82, 2.24) is 34.6 Å². The van der Waals surface area contributed by atoms with E-state index in [1.807, 2.05) is 13.8 Å². The zero-order valence-corrected chi connectivity index (χ0v) is 18.1. The van der Waals surface area contributed by atoms with Gasteiger partial charge in [-0.05, 0) is 12.5 Å². The summed E-state index contributed by atoms with van der Waals surface area (Å²) in [6.07, 6.45) is 0.910. The number of carbonyl (C=O) groups excluding carboxylic acids is 1. The summed E-state index contributed by atoms with van der Waals surface area (Å²) in [6.45, 7) is 3.92. The first-order valence-electron chi connectivity index (χ1n) is 9.84. The van der Waals surface area contributed by atoms with Crippen molar-refractivity contribution in [2.75, 3.05) is 5.32 Å². The Morgan fingerprint density at radius 2 is 1.91 bits per heavy atom. The Labute approximate surface area is 189 Å². The van der Waals surface area contributed by atoms with Gasteiger partial charge in [-0.1, -0.05) is 25.4 Å². The summed E-state index contributed by atoms with van der Waals surface area (Å²) in [5.41, 5.74) is 0.372. The number of halogens is 4. The second kappa shape index (κ2) is 7.24. The first-order valence-corrected chi connectivity index (χ1v) is 10.2. The largest absolute Gasteiger partial charge is 0.420 e. The van der Waals surface area contributed by atoms with Gasteiger partial charge in [-0.3, -0.25) is 4.79 Å². The number of anilines is 1. The zero-order valence-electron chi connectivity index (χ0n) is 17.3. The average molecular weight is 477 g/mol. The van der Waals surface area contributed by atoms with Gasteiger partial charge in [0.05, 0.1) is 35.9 Å². The molecular weight excluding hydrogens is 461 g/mol. The molecule has 13 heteroatoms. The van der Waals surface area contributed by atoms with Crippen LogP contribution in [0.3, 0.4) is 0 Å². The Morgan fingerprint density at radius 3 is 2.61 bits per heavy atom. The van der Waals surface area contributed by atoms with Crippen molar-refractivity contribution in [3.05, 3.63) is 58.9 Å². The minimum atomic E-state index is -4.73. The maximum atomic E-state index is 13.7. The van der Waals surface area contributed by atoms with E-state index in [2.05, 4.69) is 30.6 Å². The Bertz CT molecular complexity index is 1380. The van der Waals surface area contributed by atoms with Gasteiger partial charge in [-0.2, -0.15) is 28.5 Å². The molecule has 1 atom stereocenters. The van der Waals surface area contributed by atoms with Gasteiger partial charge in [0.2, 0.25) is 5.91 Å². The normalized spacial score (nSPS) is 17.3. The summed E-state index contributed by atoms with van der Waals surface area (Å²) in [4.78, 5) is 22.1. The number of pyridine rings is 1. The lowest BCUT2D eigenvalue weighted by atomic mass is 9.88. The first-order chi connectivity index (χ1) is 15.5. The molecular formula is C20H16ClF3N8O. The predicted molar refractivity (Wildman–Crippen MR) is 111 cm³/mol. The van der Waals surface area contributed by atoms with Crippen LogP contribution in [0.15, 0.2) is 36.9 Å². The van der Waals surface area contributed by atoms with E-state index in [1.165, 1.54) is 12.4 Å². The van der Waals surface area contributed by atoms with E-state index < -0.39 is 34.8 Å². The number of hydrogen-bond acceptors (Lipinski definition) is 6. The van der Waals surface area contributed by atoms with Crippen LogP contribution in [0, 0.1) is 0 Å². The van der Waals surface area contributed by atoms with Crippen LogP contribution >= 0.6 is 11.6 Å². The third-order valence-corrected chi connectivity index (χ3v) is 5.76. The molecule has 0 saturated carbocycles. The molecule has 33 heavy (non-hydrogen) atoms. The van der Waals surface area contributed by atoms with Crippen LogP contribution in [0.2, 0.25) is 5.15 Å². The highest BCUT2D eigenvalue weighted by molar-refractivity contribution is 6.29. The van der Waals surface area contributed by atoms with Crippen LogP contribution in [-0.4, -0.2) is 40.5 Å². The Kier molecular flexibility index (Phi) is 4.67. The lowest BCUT2D eigenvalue weighted by Crippen LogP contribution is -2.22. The van der Waals surface area contributed by atoms with Crippen LogP contribution in [-0.2, 0) is 16.4 Å². The fourth-order valence-electron chi connectivity index (χ4n) is 4.25. The molecule has 170 valence electrons. The maximum absolute atomic E-state index is 13.7. The van der Waals surface area contributed by atoms with E-state index in [0.717, 1.165) is 22.8 Å². The lowest BCUT2D eigenvalue weighted by Gasteiger charge is -2.19. The molecule has 1 amide bonds. The number of nitrogens with one attached hydrogen (secondary N) is 1. The lowest BCUT2D eigenvalue weighted by molar-refractivity contribution is -0.137. The Balaban J connectivity index is 1.49. The second-order valence-corrected chi connectivity index (χ2v) is 8.73. The molecule has 0 unspecified atom stereocenters. The molecule has 9 nitrogen and oxygen atoms in total. The molecule has 4 aromatic heterocycles. The third-order valence-electron chi connectivity index (χ3n) is 5.58. The van der Waals surface area contributed by atoms with Gasteiger partial charge in [0, 0.05) is 23.2 Å². The average Bonchev–Trinajstić information content (AvgIpc) is 3.44. The molecule has 0 bridgehead atoms. The van der Waals surface area contributed by atoms with Crippen molar-refractivity contribution in [2.24, 2.45) is 0 Å². The summed E-state index contributed by atoms with van der Waals surface area (Å²) in [7, 11) is 0. The molecule has 1 aliphatic rings. The molecule has 4 aromatic rings. The number of aromatic nitrogens is 7. The highest BCUT2D eigenvalue weighted by Crippen LogP contribution is 2.46. The second-order valence-electron chi connectivity index (χ2n) is 8.34. The Hall–Kier alpha value is -3.54. The monoisotopic (exact) mass is 476 g/mol. The number of nitrogens with zero attached hydrogens (tertiary/aromatic N) is 7. The van der Waals surface area contributed by atoms with Gasteiger partial charge in [0.1, 0.15) is 5.56 Å². The molecule has 0 aliphatic heterocycles. The number of hydrogen-bond donors (Lipinski definition) is 1. The molecule has 5 rings (SSSR count). The van der Waals surface area contributed by atoms with E-state index in [4.69, 9.17) is 11.6 Å². The first kappa shape index (κ1) is 21.3. The number of amides is 1. The summed E-state index contributed by atoms with van der Waals surface area (Å²) < 4.78 is 42.6. The molecule has 0 fully saturated rings. The van der Waals surface area contributed by atoms with Crippen molar-refractivity contribution in [1.29, 1.82) is 0 Å². The van der Waals surface area contributed by atoms with Gasteiger partial charge in [-0.15, -0.1) is 4.80 Å². The van der Waals surface area contributed by atoms with E-state index in [1.54, 1.807) is 16.8 Å². The summed E-state index contributed by atoms with van der Waals surface area (Å²) in [5.74, 6) is -1.60. The van der Waals surface area contributed by atoms with Crippen LogP contribution < -0.4 is 5.32 Å². The van der Waals surface area contributed by atoms with Gasteiger partial charge in [0.25, 0.3) is 0 Å². The van der Waals surface area contributed by atoms with E-state index in [9.17, 15) is 18.0 Å². The van der Waals surface area contributed by atoms with E-state index in [0.29, 0.717) is 17.6 Å². The van der Waals surface area contributed by atoms with Crippen LogP contribution in [0.1, 0.15) is 43.0 Å². The number of rotatable bonds is 3. The molecule has 0 aromatic carbocycles. The topological polar surface area (TPSA) is 103 Å². The SMILES string of the molecule is CC1(C)C[C@H](C(=O)Nc2cnc(-n3nccn3)c(C(F)(F)F)c2)c2cnc3cc(Cl)nn3c21. The Morgan fingerprint density at radius 1 is 1.18 bits per heavy atom. The third kappa shape index (κ3) is 3.59. The van der Waals surface area contributed by atoms with Gasteiger partial charge in [-0.25, -0.2) is 14.5 Å². The van der Waals surface area contributed by atoms with Gasteiger partial charge < -0.3 is 5.32 Å². The van der Waals surface area contributed by atoms with Gasteiger partial charge in [0.15, 0.2) is 16.6 Å².